The van der Waals surface area contributed by atoms with Gasteiger partial charge in [-0.05, 0) is 36.1 Å². The van der Waals surface area contributed by atoms with E-state index in [4.69, 9.17) is 4.74 Å². The fraction of sp³-hybridized carbons (Fsp3) is 0.348. The van der Waals surface area contributed by atoms with Crippen LogP contribution in [0.4, 0.5) is 4.79 Å². The molecule has 4 N–H and O–H groups in total. The molecule has 3 aromatic rings. The average molecular weight is 396 g/mol. The van der Waals surface area contributed by atoms with Crippen molar-refractivity contribution in [3.8, 4) is 5.75 Å². The van der Waals surface area contributed by atoms with Crippen LogP contribution in [0.25, 0.3) is 10.9 Å². The molecule has 3 rings (SSSR count). The maximum Gasteiger partial charge on any atom is 0.314 e. The molecule has 0 saturated carbocycles. The van der Waals surface area contributed by atoms with E-state index in [2.05, 4.69) is 15.6 Å². The monoisotopic (exact) mass is 395 g/mol. The normalized spacial score (nSPS) is 13.1. The molecule has 2 aromatic carbocycles. The SMILES string of the molecule is COc1cccc2[nH]cc(CCNC(=O)NC[C@](C)(CO)Cc3ccccc3)c12. The van der Waals surface area contributed by atoms with E-state index in [0.717, 1.165) is 27.8 Å². The number of aromatic amines is 1. The molecular formula is C23H29N3O3. The Morgan fingerprint density at radius 2 is 1.93 bits per heavy atom. The maximum atomic E-state index is 12.2. The zero-order valence-electron chi connectivity index (χ0n) is 17.0. The van der Waals surface area contributed by atoms with E-state index in [1.807, 2.05) is 61.7 Å². The van der Waals surface area contributed by atoms with Gasteiger partial charge < -0.3 is 25.5 Å². The van der Waals surface area contributed by atoms with Crippen molar-refractivity contribution >= 4 is 16.9 Å². The molecule has 1 aromatic heterocycles. The van der Waals surface area contributed by atoms with Gasteiger partial charge in [0.1, 0.15) is 5.75 Å². The summed E-state index contributed by atoms with van der Waals surface area (Å²) in [6.07, 6.45) is 3.34. The minimum Gasteiger partial charge on any atom is -0.496 e. The van der Waals surface area contributed by atoms with Gasteiger partial charge in [-0.3, -0.25) is 0 Å². The molecule has 6 nitrogen and oxygen atoms in total. The largest absolute Gasteiger partial charge is 0.496 e. The number of hydrogen-bond acceptors (Lipinski definition) is 3. The minimum atomic E-state index is -0.414. The summed E-state index contributed by atoms with van der Waals surface area (Å²) in [5.41, 5.74) is 2.84. The lowest BCUT2D eigenvalue weighted by Gasteiger charge is -2.27. The number of H-pyrrole nitrogens is 1. The van der Waals surface area contributed by atoms with Gasteiger partial charge in [0.2, 0.25) is 0 Å². The fourth-order valence-corrected chi connectivity index (χ4v) is 3.52. The quantitative estimate of drug-likeness (QED) is 0.449. The van der Waals surface area contributed by atoms with Gasteiger partial charge in [0, 0.05) is 35.6 Å². The number of rotatable bonds is 9. The minimum absolute atomic E-state index is 0.00267. The average Bonchev–Trinajstić information content (AvgIpc) is 3.16. The maximum absolute atomic E-state index is 12.2. The molecule has 6 heteroatoms. The summed E-state index contributed by atoms with van der Waals surface area (Å²) in [4.78, 5) is 15.5. The number of carbonyl (C=O) groups excluding carboxylic acids is 1. The second-order valence-corrected chi connectivity index (χ2v) is 7.69. The molecule has 0 spiro atoms. The Morgan fingerprint density at radius 3 is 2.66 bits per heavy atom. The molecule has 0 aliphatic carbocycles. The van der Waals surface area contributed by atoms with Gasteiger partial charge in [-0.2, -0.15) is 0 Å². The molecule has 2 amide bonds. The summed E-state index contributed by atoms with van der Waals surface area (Å²) < 4.78 is 5.45. The highest BCUT2D eigenvalue weighted by molar-refractivity contribution is 5.89. The summed E-state index contributed by atoms with van der Waals surface area (Å²) >= 11 is 0. The first-order valence-corrected chi connectivity index (χ1v) is 9.84. The van der Waals surface area contributed by atoms with Crippen molar-refractivity contribution in [1.29, 1.82) is 0 Å². The van der Waals surface area contributed by atoms with E-state index in [0.29, 0.717) is 25.9 Å². The lowest BCUT2D eigenvalue weighted by molar-refractivity contribution is 0.140. The zero-order chi connectivity index (χ0) is 20.7. The second kappa shape index (κ2) is 9.47. The predicted octanol–water partition coefficient (Wildman–Crippen LogP) is 3.26. The molecule has 0 bridgehead atoms. The van der Waals surface area contributed by atoms with Crippen molar-refractivity contribution in [2.75, 3.05) is 26.8 Å². The summed E-state index contributed by atoms with van der Waals surface area (Å²) in [7, 11) is 1.66. The molecule has 0 unspecified atom stereocenters. The number of amides is 2. The molecule has 1 heterocycles. The van der Waals surface area contributed by atoms with Gasteiger partial charge in [0.15, 0.2) is 0 Å². The van der Waals surface area contributed by atoms with Crippen molar-refractivity contribution in [2.24, 2.45) is 5.41 Å². The topological polar surface area (TPSA) is 86.4 Å². The van der Waals surface area contributed by atoms with Crippen molar-refractivity contribution in [3.63, 3.8) is 0 Å². The van der Waals surface area contributed by atoms with Gasteiger partial charge in [0.05, 0.1) is 13.7 Å². The van der Waals surface area contributed by atoms with Gasteiger partial charge in [0.25, 0.3) is 0 Å². The lowest BCUT2D eigenvalue weighted by Crippen LogP contribution is -2.44. The summed E-state index contributed by atoms with van der Waals surface area (Å²) in [6.45, 7) is 2.87. The third-order valence-electron chi connectivity index (χ3n) is 5.18. The Balaban J connectivity index is 1.50. The van der Waals surface area contributed by atoms with Crippen LogP contribution in [0, 0.1) is 5.41 Å². The number of benzene rings is 2. The zero-order valence-corrected chi connectivity index (χ0v) is 17.0. The van der Waals surface area contributed by atoms with Crippen LogP contribution < -0.4 is 15.4 Å². The molecule has 0 saturated heterocycles. The molecular weight excluding hydrogens is 366 g/mol. The molecule has 0 aliphatic heterocycles. The second-order valence-electron chi connectivity index (χ2n) is 7.69. The number of fused-ring (bicyclic) bond motifs is 1. The van der Waals surface area contributed by atoms with Crippen LogP contribution >= 0.6 is 0 Å². The van der Waals surface area contributed by atoms with Crippen molar-refractivity contribution in [2.45, 2.75) is 19.8 Å². The standard InChI is InChI=1S/C23H29N3O3/c1-23(16-27,13-17-7-4-3-5-8-17)15-26-22(28)24-12-11-18-14-25-19-9-6-10-20(29-2)21(18)19/h3-10,14,25,27H,11-13,15-16H2,1-2H3,(H2,24,26,28)/t23-/m1/s1. The highest BCUT2D eigenvalue weighted by Gasteiger charge is 2.24. The van der Waals surface area contributed by atoms with Crippen molar-refractivity contribution < 1.29 is 14.6 Å². The molecule has 0 radical (unpaired) electrons. The van der Waals surface area contributed by atoms with Crippen LogP contribution in [0.5, 0.6) is 5.75 Å². The van der Waals surface area contributed by atoms with Crippen LogP contribution in [-0.4, -0.2) is 42.9 Å². The first-order valence-electron chi connectivity index (χ1n) is 9.84. The number of carbonyl (C=O) groups is 1. The number of aliphatic hydroxyl groups is 1. The highest BCUT2D eigenvalue weighted by Crippen LogP contribution is 2.28. The molecule has 1 atom stereocenters. The van der Waals surface area contributed by atoms with E-state index in [9.17, 15) is 9.90 Å². The number of aliphatic hydroxyl groups excluding tert-OH is 1. The van der Waals surface area contributed by atoms with E-state index in [1.165, 1.54) is 0 Å². The highest BCUT2D eigenvalue weighted by atomic mass is 16.5. The van der Waals surface area contributed by atoms with E-state index >= 15 is 0 Å². The summed E-state index contributed by atoms with van der Waals surface area (Å²) in [5, 5.41) is 16.7. The van der Waals surface area contributed by atoms with Crippen LogP contribution in [0.3, 0.4) is 0 Å². The third kappa shape index (κ3) is 5.29. The summed E-state index contributed by atoms with van der Waals surface area (Å²) in [6, 6.07) is 15.6. The first kappa shape index (κ1) is 20.7. The van der Waals surface area contributed by atoms with Gasteiger partial charge in [-0.25, -0.2) is 4.79 Å². The van der Waals surface area contributed by atoms with Gasteiger partial charge >= 0.3 is 6.03 Å². The van der Waals surface area contributed by atoms with Crippen LogP contribution in [0.2, 0.25) is 0 Å². The number of nitrogens with one attached hydrogen (secondary N) is 3. The Hall–Kier alpha value is -2.99. The Labute approximate surface area is 171 Å². The lowest BCUT2D eigenvalue weighted by atomic mass is 9.84. The van der Waals surface area contributed by atoms with Crippen LogP contribution in [0.15, 0.2) is 54.7 Å². The fourth-order valence-electron chi connectivity index (χ4n) is 3.52. The number of urea groups is 1. The number of methoxy groups -OCH3 is 1. The number of ether oxygens (including phenoxy) is 1. The van der Waals surface area contributed by atoms with Gasteiger partial charge in [-0.15, -0.1) is 0 Å². The third-order valence-corrected chi connectivity index (χ3v) is 5.18. The van der Waals surface area contributed by atoms with E-state index in [1.54, 1.807) is 7.11 Å². The molecule has 29 heavy (non-hydrogen) atoms. The van der Waals surface area contributed by atoms with Crippen molar-refractivity contribution in [3.05, 3.63) is 65.9 Å². The predicted molar refractivity (Wildman–Crippen MR) is 115 cm³/mol. The molecule has 0 fully saturated rings. The number of aromatic nitrogens is 1. The Kier molecular flexibility index (Phi) is 6.77. The Morgan fingerprint density at radius 1 is 1.14 bits per heavy atom. The van der Waals surface area contributed by atoms with Crippen LogP contribution in [-0.2, 0) is 12.8 Å². The van der Waals surface area contributed by atoms with E-state index in [-0.39, 0.29) is 12.6 Å². The van der Waals surface area contributed by atoms with E-state index < -0.39 is 5.41 Å². The van der Waals surface area contributed by atoms with Crippen molar-refractivity contribution in [1.82, 2.24) is 15.6 Å². The Bertz CT molecular complexity index is 939. The first-order chi connectivity index (χ1) is 14.0. The smallest absolute Gasteiger partial charge is 0.314 e. The number of hydrogen-bond donors (Lipinski definition) is 4. The molecule has 0 aliphatic rings. The molecule has 154 valence electrons. The van der Waals surface area contributed by atoms with Crippen LogP contribution in [0.1, 0.15) is 18.1 Å². The van der Waals surface area contributed by atoms with Gasteiger partial charge in [-0.1, -0.05) is 43.3 Å². The summed E-state index contributed by atoms with van der Waals surface area (Å²) in [5.74, 6) is 0.822.